The van der Waals surface area contributed by atoms with Crippen molar-refractivity contribution in [1.29, 1.82) is 0 Å². The van der Waals surface area contributed by atoms with Crippen molar-refractivity contribution in [2.75, 3.05) is 7.11 Å². The van der Waals surface area contributed by atoms with Crippen LogP contribution < -0.4 is 0 Å². The van der Waals surface area contributed by atoms with Crippen LogP contribution in [0.5, 0.6) is 0 Å². The number of unbranched alkanes of at least 4 members (excludes halogenated alkanes) is 3. The lowest BCUT2D eigenvalue weighted by atomic mass is 9.90. The van der Waals surface area contributed by atoms with Crippen LogP contribution in [0.2, 0.25) is 0 Å². The van der Waals surface area contributed by atoms with Crippen molar-refractivity contribution in [3.05, 3.63) is 12.2 Å². The Morgan fingerprint density at radius 1 is 1.23 bits per heavy atom. The quantitative estimate of drug-likeness (QED) is 0.280. The summed E-state index contributed by atoms with van der Waals surface area (Å²) >= 11 is 0. The van der Waals surface area contributed by atoms with Crippen LogP contribution in [0.25, 0.3) is 0 Å². The van der Waals surface area contributed by atoms with Gasteiger partial charge >= 0.3 is 5.97 Å². The number of aliphatic hydroxyl groups excluding tert-OH is 1. The molecule has 5 nitrogen and oxygen atoms in total. The molecule has 26 heavy (non-hydrogen) atoms. The Morgan fingerprint density at radius 3 is 2.69 bits per heavy atom. The monoisotopic (exact) mass is 362 g/mol. The average Bonchev–Trinajstić information content (AvgIpc) is 2.89. The maximum atomic E-state index is 12.1. The number of allylic oxidation sites excluding steroid dienone is 1. The molecule has 0 unspecified atom stereocenters. The normalized spacial score (nSPS) is 22.3. The van der Waals surface area contributed by atoms with E-state index < -0.39 is 6.10 Å². The molecule has 1 aliphatic carbocycles. The van der Waals surface area contributed by atoms with E-state index in [1.165, 1.54) is 13.2 Å². The Balaban J connectivity index is 2.50. The molecule has 1 fully saturated rings. The second-order valence-corrected chi connectivity index (χ2v) is 6.69. The number of carbonyl (C=O) groups is 3. The Hall–Kier alpha value is -1.93. The van der Waals surface area contributed by atoms with E-state index >= 15 is 0 Å². The Morgan fingerprint density at radius 2 is 2.00 bits per heavy atom. The van der Waals surface area contributed by atoms with Gasteiger partial charge in [0.1, 0.15) is 5.78 Å². The van der Waals surface area contributed by atoms with Crippen molar-refractivity contribution < 1.29 is 24.2 Å². The highest BCUT2D eigenvalue weighted by atomic mass is 16.5. The lowest BCUT2D eigenvalue weighted by molar-refractivity contribution is -0.140. The van der Waals surface area contributed by atoms with Crippen molar-refractivity contribution >= 4 is 17.5 Å². The molecule has 1 aliphatic rings. The molecule has 144 valence electrons. The third kappa shape index (κ3) is 7.97. The zero-order chi connectivity index (χ0) is 19.4. The van der Waals surface area contributed by atoms with E-state index in [4.69, 9.17) is 0 Å². The van der Waals surface area contributed by atoms with Gasteiger partial charge in [0.2, 0.25) is 0 Å². The highest BCUT2D eigenvalue weighted by Crippen LogP contribution is 2.32. The maximum absolute atomic E-state index is 12.1. The Bertz CT molecular complexity index is 567. The average molecular weight is 362 g/mol. The van der Waals surface area contributed by atoms with E-state index in [0.717, 1.165) is 19.3 Å². The fraction of sp³-hybridized carbons (Fsp3) is 0.667. The fourth-order valence-electron chi connectivity index (χ4n) is 3.03. The van der Waals surface area contributed by atoms with Gasteiger partial charge in [0.25, 0.3) is 0 Å². The molecule has 1 rings (SSSR count). The predicted molar refractivity (Wildman–Crippen MR) is 99.2 cm³/mol. The highest BCUT2D eigenvalue weighted by molar-refractivity contribution is 5.90. The number of rotatable bonds is 10. The van der Waals surface area contributed by atoms with E-state index in [2.05, 4.69) is 23.5 Å². The number of Topliss-reactive ketones (excluding diaryl/α,β-unsaturated/α-hetero) is 1. The number of hydrogen-bond acceptors (Lipinski definition) is 5. The van der Waals surface area contributed by atoms with Crippen molar-refractivity contribution in [1.82, 2.24) is 0 Å². The summed E-state index contributed by atoms with van der Waals surface area (Å²) in [4.78, 5) is 35.0. The number of aliphatic hydroxyl groups is 1. The van der Waals surface area contributed by atoms with Crippen LogP contribution in [-0.4, -0.2) is 35.9 Å². The number of esters is 1. The highest BCUT2D eigenvalue weighted by Gasteiger charge is 2.39. The van der Waals surface area contributed by atoms with Crippen molar-refractivity contribution in [3.63, 3.8) is 0 Å². The molecule has 0 aromatic rings. The number of ketones is 2. The molecule has 0 aliphatic heterocycles. The summed E-state index contributed by atoms with van der Waals surface area (Å²) in [7, 11) is 1.35. The van der Waals surface area contributed by atoms with E-state index in [1.807, 2.05) is 0 Å². The molecular formula is C21H30O5. The van der Waals surface area contributed by atoms with E-state index in [9.17, 15) is 19.5 Å². The van der Waals surface area contributed by atoms with Gasteiger partial charge in [-0.2, -0.15) is 0 Å². The van der Waals surface area contributed by atoms with Gasteiger partial charge < -0.3 is 9.84 Å². The van der Waals surface area contributed by atoms with E-state index in [0.29, 0.717) is 32.1 Å². The SMILES string of the molecule is CCCCCC(=O)/C=C/[C@H]1[C@H](O)CC(=O)[C@H]1CC#CCCCC(=O)OC. The van der Waals surface area contributed by atoms with Crippen molar-refractivity contribution in [2.24, 2.45) is 11.8 Å². The molecule has 0 spiro atoms. The molecule has 0 heterocycles. The molecule has 0 amide bonds. The summed E-state index contributed by atoms with van der Waals surface area (Å²) in [5.41, 5.74) is 0. The van der Waals surface area contributed by atoms with Gasteiger partial charge in [-0.1, -0.05) is 25.8 Å². The molecule has 0 aromatic heterocycles. The molecule has 0 aromatic carbocycles. The van der Waals surface area contributed by atoms with E-state index in [-0.39, 0.29) is 35.8 Å². The third-order valence-electron chi connectivity index (χ3n) is 4.62. The van der Waals surface area contributed by atoms with Crippen LogP contribution >= 0.6 is 0 Å². The van der Waals surface area contributed by atoms with Gasteiger partial charge in [-0.3, -0.25) is 14.4 Å². The molecule has 1 saturated carbocycles. The first-order valence-electron chi connectivity index (χ1n) is 9.43. The minimum Gasteiger partial charge on any atom is -0.469 e. The zero-order valence-corrected chi connectivity index (χ0v) is 15.8. The smallest absolute Gasteiger partial charge is 0.305 e. The zero-order valence-electron chi connectivity index (χ0n) is 15.8. The standard InChI is InChI=1S/C21H30O5/c1-3-4-7-10-16(22)13-14-18-17(19(23)15-20(18)24)11-8-5-6-9-12-21(25)26-2/h13-14,17-18,20,24H,3-4,6-7,9-12,15H2,1-2H3/b14-13+/t17-,18+,20+/m0/s1. The molecule has 3 atom stereocenters. The minimum atomic E-state index is -0.742. The summed E-state index contributed by atoms with van der Waals surface area (Å²) in [6, 6.07) is 0. The van der Waals surface area contributed by atoms with Crippen molar-refractivity contribution in [2.45, 2.75) is 70.8 Å². The van der Waals surface area contributed by atoms with Crippen molar-refractivity contribution in [3.8, 4) is 11.8 Å². The number of hydrogen-bond donors (Lipinski definition) is 1. The molecule has 1 N–H and O–H groups in total. The molecule has 0 radical (unpaired) electrons. The second-order valence-electron chi connectivity index (χ2n) is 6.69. The van der Waals surface area contributed by atoms with Crippen LogP contribution in [0.3, 0.4) is 0 Å². The van der Waals surface area contributed by atoms with Crippen LogP contribution in [0.15, 0.2) is 12.2 Å². The van der Waals surface area contributed by atoms with Gasteiger partial charge in [0.15, 0.2) is 5.78 Å². The van der Waals surface area contributed by atoms with Crippen LogP contribution in [0.1, 0.15) is 64.7 Å². The summed E-state index contributed by atoms with van der Waals surface area (Å²) in [5.74, 6) is 5.01. The van der Waals surface area contributed by atoms with Crippen LogP contribution in [-0.2, 0) is 19.1 Å². The third-order valence-corrected chi connectivity index (χ3v) is 4.62. The molecular weight excluding hydrogens is 332 g/mol. The molecule has 0 saturated heterocycles. The fourth-order valence-corrected chi connectivity index (χ4v) is 3.03. The Labute approximate surface area is 156 Å². The largest absolute Gasteiger partial charge is 0.469 e. The van der Waals surface area contributed by atoms with Gasteiger partial charge in [-0.15, -0.1) is 11.8 Å². The summed E-state index contributed by atoms with van der Waals surface area (Å²) in [6.07, 6.45) is 7.92. The number of carbonyl (C=O) groups excluding carboxylic acids is 3. The first-order valence-corrected chi connectivity index (χ1v) is 9.43. The lowest BCUT2D eigenvalue weighted by Gasteiger charge is -2.14. The second kappa shape index (κ2) is 12.4. The summed E-state index contributed by atoms with van der Waals surface area (Å²) in [5, 5.41) is 10.1. The van der Waals surface area contributed by atoms with E-state index in [1.54, 1.807) is 6.08 Å². The van der Waals surface area contributed by atoms with Crippen LogP contribution in [0, 0.1) is 23.7 Å². The topological polar surface area (TPSA) is 80.7 Å². The minimum absolute atomic E-state index is 0.00515. The lowest BCUT2D eigenvalue weighted by Crippen LogP contribution is -2.18. The summed E-state index contributed by atoms with van der Waals surface area (Å²) in [6.45, 7) is 2.09. The van der Waals surface area contributed by atoms with Gasteiger partial charge in [-0.25, -0.2) is 0 Å². The summed E-state index contributed by atoms with van der Waals surface area (Å²) < 4.78 is 4.56. The first kappa shape index (κ1) is 22.1. The molecule has 0 bridgehead atoms. The maximum Gasteiger partial charge on any atom is 0.305 e. The Kier molecular flexibility index (Phi) is 10.6. The number of methoxy groups -OCH3 is 1. The number of ether oxygens (including phenoxy) is 1. The predicted octanol–water partition coefficient (Wildman–Crippen LogP) is 2.99. The molecule has 5 heteroatoms. The van der Waals surface area contributed by atoms with Gasteiger partial charge in [0.05, 0.1) is 13.2 Å². The first-order chi connectivity index (χ1) is 12.5. The van der Waals surface area contributed by atoms with Gasteiger partial charge in [0, 0.05) is 43.9 Å². The van der Waals surface area contributed by atoms with Gasteiger partial charge in [-0.05, 0) is 18.9 Å². The van der Waals surface area contributed by atoms with Crippen LogP contribution in [0.4, 0.5) is 0 Å².